The summed E-state index contributed by atoms with van der Waals surface area (Å²) in [4.78, 5) is 25.0. The third-order valence-corrected chi connectivity index (χ3v) is 6.05. The fraction of sp³-hybridized carbons (Fsp3) is 0.474. The predicted octanol–water partition coefficient (Wildman–Crippen LogP) is 0.453. The Balaban J connectivity index is 1.76. The van der Waals surface area contributed by atoms with Crippen LogP contribution in [0.15, 0.2) is 36.0 Å². The van der Waals surface area contributed by atoms with Gasteiger partial charge in [-0.15, -0.1) is 0 Å². The molecule has 2 amide bonds. The maximum atomic E-state index is 13.8. The van der Waals surface area contributed by atoms with Crippen LogP contribution in [0.3, 0.4) is 0 Å². The van der Waals surface area contributed by atoms with Crippen LogP contribution in [-0.2, 0) is 14.3 Å². The van der Waals surface area contributed by atoms with E-state index >= 15 is 0 Å². The highest BCUT2D eigenvalue weighted by molar-refractivity contribution is 5.97. The van der Waals surface area contributed by atoms with Crippen molar-refractivity contribution in [1.29, 1.82) is 0 Å². The SMILES string of the molecule is CNC(=O)C1=CC(C(N)=O)(C2[C@H]3COC[C@@H]23)N([C@@H](C)c2cccc(F)c2)N1. The van der Waals surface area contributed by atoms with Gasteiger partial charge >= 0.3 is 0 Å². The van der Waals surface area contributed by atoms with Gasteiger partial charge in [-0.2, -0.15) is 5.01 Å². The summed E-state index contributed by atoms with van der Waals surface area (Å²) < 4.78 is 19.2. The molecule has 3 aliphatic rings. The number of ether oxygens (including phenoxy) is 1. The van der Waals surface area contributed by atoms with E-state index in [2.05, 4.69) is 10.7 Å². The second-order valence-corrected chi connectivity index (χ2v) is 7.43. The molecule has 2 aliphatic heterocycles. The fourth-order valence-electron chi connectivity index (χ4n) is 4.63. The number of nitrogens with two attached hydrogens (primary N) is 1. The minimum atomic E-state index is -1.17. The number of fused-ring (bicyclic) bond motifs is 1. The van der Waals surface area contributed by atoms with Crippen LogP contribution in [0, 0.1) is 23.6 Å². The van der Waals surface area contributed by atoms with E-state index < -0.39 is 17.5 Å². The zero-order chi connectivity index (χ0) is 19.3. The van der Waals surface area contributed by atoms with Crippen LogP contribution in [0.4, 0.5) is 4.39 Å². The second kappa shape index (κ2) is 6.31. The Hall–Kier alpha value is -2.45. The highest BCUT2D eigenvalue weighted by atomic mass is 19.1. The average molecular weight is 374 g/mol. The molecule has 2 unspecified atom stereocenters. The van der Waals surface area contributed by atoms with E-state index in [4.69, 9.17) is 10.5 Å². The van der Waals surface area contributed by atoms with Gasteiger partial charge in [-0.3, -0.25) is 9.59 Å². The molecule has 0 aromatic heterocycles. The topological polar surface area (TPSA) is 96.7 Å². The van der Waals surface area contributed by atoms with Crippen molar-refractivity contribution in [2.75, 3.05) is 20.3 Å². The molecule has 2 heterocycles. The largest absolute Gasteiger partial charge is 0.381 e. The van der Waals surface area contributed by atoms with Crippen LogP contribution in [0.2, 0.25) is 0 Å². The smallest absolute Gasteiger partial charge is 0.268 e. The molecule has 1 saturated carbocycles. The summed E-state index contributed by atoms with van der Waals surface area (Å²) >= 11 is 0. The van der Waals surface area contributed by atoms with Crippen LogP contribution in [0.1, 0.15) is 18.5 Å². The lowest BCUT2D eigenvalue weighted by Gasteiger charge is -2.40. The standard InChI is InChI=1S/C19H23FN4O3/c1-10(11-4-3-5-12(20)6-11)24-19(18(21)26,7-15(23-24)17(25)22-2)16-13-8-27-9-14(13)16/h3-7,10,13-14,16,23H,8-9H2,1-2H3,(H2,21,26)(H,22,25)/t10-,13-,14+,16?,19?/m0/s1. The van der Waals surface area contributed by atoms with E-state index in [0.717, 1.165) is 0 Å². The van der Waals surface area contributed by atoms with E-state index in [1.54, 1.807) is 23.2 Å². The quantitative estimate of drug-likeness (QED) is 0.696. The van der Waals surface area contributed by atoms with E-state index in [0.29, 0.717) is 18.8 Å². The van der Waals surface area contributed by atoms with Gasteiger partial charge in [0.2, 0.25) is 5.91 Å². The number of likely N-dealkylation sites (N-methyl/N-ethyl adjacent to an activating group) is 1. The molecule has 0 bridgehead atoms. The number of hydrazine groups is 1. The van der Waals surface area contributed by atoms with Gasteiger partial charge in [-0.05, 0) is 42.5 Å². The Bertz CT molecular complexity index is 819. The van der Waals surface area contributed by atoms with Gasteiger partial charge in [-0.25, -0.2) is 4.39 Å². The number of rotatable bonds is 5. The summed E-state index contributed by atoms with van der Waals surface area (Å²) in [5.74, 6) is -0.828. The number of hydrogen-bond donors (Lipinski definition) is 3. The highest BCUT2D eigenvalue weighted by Crippen LogP contribution is 2.60. The summed E-state index contributed by atoms with van der Waals surface area (Å²) in [6.07, 6.45) is 1.63. The van der Waals surface area contributed by atoms with Crippen LogP contribution in [0.25, 0.3) is 0 Å². The monoisotopic (exact) mass is 374 g/mol. The fourth-order valence-corrected chi connectivity index (χ4v) is 4.63. The summed E-state index contributed by atoms with van der Waals surface area (Å²) in [5, 5.41) is 4.27. The molecule has 0 spiro atoms. The molecule has 144 valence electrons. The van der Waals surface area contributed by atoms with Crippen LogP contribution < -0.4 is 16.5 Å². The molecule has 2 fully saturated rings. The van der Waals surface area contributed by atoms with Gasteiger partial charge in [0.15, 0.2) is 0 Å². The molecule has 27 heavy (non-hydrogen) atoms. The minimum absolute atomic E-state index is 0.0468. The Morgan fingerprint density at radius 1 is 1.41 bits per heavy atom. The van der Waals surface area contributed by atoms with Crippen LogP contribution in [0.5, 0.6) is 0 Å². The van der Waals surface area contributed by atoms with E-state index in [9.17, 15) is 14.0 Å². The number of carbonyl (C=O) groups is 2. The number of nitrogens with zero attached hydrogens (tertiary/aromatic N) is 1. The first-order valence-electron chi connectivity index (χ1n) is 9.04. The number of primary amides is 1. The Labute approximate surface area is 156 Å². The van der Waals surface area contributed by atoms with Crippen molar-refractivity contribution in [2.24, 2.45) is 23.5 Å². The summed E-state index contributed by atoms with van der Waals surface area (Å²) in [6.45, 7) is 3.01. The molecule has 1 aliphatic carbocycles. The lowest BCUT2D eigenvalue weighted by molar-refractivity contribution is -0.132. The third-order valence-electron chi connectivity index (χ3n) is 6.05. The van der Waals surface area contributed by atoms with Crippen molar-refractivity contribution in [3.8, 4) is 0 Å². The number of nitrogens with one attached hydrogen (secondary N) is 2. The van der Waals surface area contributed by atoms with Gasteiger partial charge in [0.05, 0.1) is 19.3 Å². The van der Waals surface area contributed by atoms with E-state index in [1.165, 1.54) is 19.2 Å². The Morgan fingerprint density at radius 3 is 2.70 bits per heavy atom. The molecule has 8 heteroatoms. The molecule has 1 aromatic carbocycles. The van der Waals surface area contributed by atoms with Crippen LogP contribution in [-0.4, -0.2) is 42.6 Å². The molecule has 0 radical (unpaired) electrons. The maximum absolute atomic E-state index is 13.8. The molecule has 4 rings (SSSR count). The predicted molar refractivity (Wildman–Crippen MR) is 95.2 cm³/mol. The van der Waals surface area contributed by atoms with Gasteiger partial charge in [0.25, 0.3) is 5.91 Å². The first-order valence-corrected chi connectivity index (χ1v) is 9.04. The summed E-state index contributed by atoms with van der Waals surface area (Å²) in [6, 6.07) is 5.80. The highest BCUT2D eigenvalue weighted by Gasteiger charge is 2.69. The van der Waals surface area contributed by atoms with E-state index in [-0.39, 0.29) is 35.2 Å². The van der Waals surface area contributed by atoms with Crippen molar-refractivity contribution in [2.45, 2.75) is 18.5 Å². The number of amides is 2. The number of hydrogen-bond acceptors (Lipinski definition) is 5. The molecule has 1 aromatic rings. The Kier molecular flexibility index (Phi) is 4.20. The van der Waals surface area contributed by atoms with Gasteiger partial charge < -0.3 is 21.2 Å². The number of halogens is 1. The molecule has 7 nitrogen and oxygen atoms in total. The maximum Gasteiger partial charge on any atom is 0.268 e. The average Bonchev–Trinajstić information content (AvgIpc) is 3.02. The molecule has 4 N–H and O–H groups in total. The second-order valence-electron chi connectivity index (χ2n) is 7.43. The van der Waals surface area contributed by atoms with Crippen molar-refractivity contribution < 1.29 is 18.7 Å². The summed E-state index contributed by atoms with van der Waals surface area (Å²) in [7, 11) is 1.52. The van der Waals surface area contributed by atoms with Gasteiger partial charge in [-0.1, -0.05) is 12.1 Å². The molecular formula is C19H23FN4O3. The Morgan fingerprint density at radius 2 is 2.11 bits per heavy atom. The first kappa shape index (κ1) is 17.9. The molecular weight excluding hydrogens is 351 g/mol. The van der Waals surface area contributed by atoms with Crippen molar-refractivity contribution in [3.63, 3.8) is 0 Å². The number of benzene rings is 1. The van der Waals surface area contributed by atoms with Crippen molar-refractivity contribution in [1.82, 2.24) is 15.8 Å². The molecule has 5 atom stereocenters. The minimum Gasteiger partial charge on any atom is -0.381 e. The molecule has 1 saturated heterocycles. The first-order chi connectivity index (χ1) is 12.9. The zero-order valence-corrected chi connectivity index (χ0v) is 15.2. The van der Waals surface area contributed by atoms with Crippen molar-refractivity contribution in [3.05, 3.63) is 47.4 Å². The van der Waals surface area contributed by atoms with Gasteiger partial charge in [0.1, 0.15) is 17.1 Å². The van der Waals surface area contributed by atoms with Crippen LogP contribution >= 0.6 is 0 Å². The zero-order valence-electron chi connectivity index (χ0n) is 15.2. The number of carbonyl (C=O) groups excluding carboxylic acids is 2. The summed E-state index contributed by atoms with van der Waals surface area (Å²) in [5.41, 5.74) is 8.74. The van der Waals surface area contributed by atoms with Crippen molar-refractivity contribution >= 4 is 11.8 Å². The lowest BCUT2D eigenvalue weighted by atomic mass is 9.87. The lowest BCUT2D eigenvalue weighted by Crippen LogP contribution is -2.60. The van der Waals surface area contributed by atoms with Gasteiger partial charge in [0, 0.05) is 13.0 Å². The van der Waals surface area contributed by atoms with E-state index in [1.807, 2.05) is 6.92 Å². The third kappa shape index (κ3) is 2.62. The normalized spacial score (nSPS) is 33.0.